The van der Waals surface area contributed by atoms with Crippen LogP contribution >= 0.6 is 0 Å². The number of nitrogens with one attached hydrogen (secondary N) is 1. The van der Waals surface area contributed by atoms with E-state index in [0.717, 1.165) is 18.0 Å². The molecule has 94 valence electrons. The number of ether oxygens (including phenoxy) is 2. The average molecular weight is 235 g/mol. The van der Waals surface area contributed by atoms with E-state index in [4.69, 9.17) is 9.47 Å². The summed E-state index contributed by atoms with van der Waals surface area (Å²) < 4.78 is 11.0. The minimum atomic E-state index is 0.402. The van der Waals surface area contributed by atoms with Crippen molar-refractivity contribution in [3.05, 3.63) is 22.8 Å². The second-order valence-corrected chi connectivity index (χ2v) is 4.62. The quantitative estimate of drug-likeness (QED) is 0.874. The van der Waals surface area contributed by atoms with Crippen LogP contribution in [0.15, 0.2) is 6.07 Å². The number of benzene rings is 1. The molecule has 3 nitrogen and oxygen atoms in total. The highest BCUT2D eigenvalue weighted by molar-refractivity contribution is 5.55. The van der Waals surface area contributed by atoms with E-state index in [1.165, 1.54) is 29.5 Å². The Morgan fingerprint density at radius 2 is 2.00 bits per heavy atom. The third kappa shape index (κ3) is 2.12. The van der Waals surface area contributed by atoms with Gasteiger partial charge in [-0.3, -0.25) is 0 Å². The summed E-state index contributed by atoms with van der Waals surface area (Å²) in [5.41, 5.74) is 3.83. The highest BCUT2D eigenvalue weighted by Crippen LogP contribution is 2.41. The lowest BCUT2D eigenvalue weighted by atomic mass is 9.94. The van der Waals surface area contributed by atoms with Gasteiger partial charge in [-0.25, -0.2) is 0 Å². The van der Waals surface area contributed by atoms with Crippen molar-refractivity contribution in [2.75, 3.05) is 20.8 Å². The molecule has 17 heavy (non-hydrogen) atoms. The fourth-order valence-electron chi connectivity index (χ4n) is 2.60. The van der Waals surface area contributed by atoms with Gasteiger partial charge in [0.2, 0.25) is 0 Å². The topological polar surface area (TPSA) is 30.5 Å². The van der Waals surface area contributed by atoms with Gasteiger partial charge < -0.3 is 14.8 Å². The van der Waals surface area contributed by atoms with E-state index in [-0.39, 0.29) is 0 Å². The third-order valence-corrected chi connectivity index (χ3v) is 3.64. The first-order valence-electron chi connectivity index (χ1n) is 6.14. The van der Waals surface area contributed by atoms with Gasteiger partial charge >= 0.3 is 0 Å². The van der Waals surface area contributed by atoms with Crippen molar-refractivity contribution >= 4 is 0 Å². The van der Waals surface area contributed by atoms with Crippen LogP contribution in [0.2, 0.25) is 0 Å². The maximum Gasteiger partial charge on any atom is 0.165 e. The molecule has 1 aromatic carbocycles. The summed E-state index contributed by atoms with van der Waals surface area (Å²) in [5, 5.41) is 3.53. The molecule has 1 unspecified atom stereocenters. The molecule has 1 aliphatic rings. The van der Waals surface area contributed by atoms with E-state index in [1.807, 2.05) is 6.07 Å². The summed E-state index contributed by atoms with van der Waals surface area (Å²) in [7, 11) is 3.41. The lowest BCUT2D eigenvalue weighted by Crippen LogP contribution is -2.16. The molecule has 3 heteroatoms. The number of aryl methyl sites for hydroxylation is 1. The van der Waals surface area contributed by atoms with Gasteiger partial charge in [-0.1, -0.05) is 0 Å². The average Bonchev–Trinajstić information content (AvgIpc) is 2.85. The van der Waals surface area contributed by atoms with Crippen molar-refractivity contribution in [1.82, 2.24) is 5.32 Å². The maximum absolute atomic E-state index is 5.55. The summed E-state index contributed by atoms with van der Waals surface area (Å²) in [6, 6.07) is 2.45. The second-order valence-electron chi connectivity index (χ2n) is 4.62. The second kappa shape index (κ2) is 4.96. The molecule has 0 radical (unpaired) electrons. The Morgan fingerprint density at radius 3 is 2.53 bits per heavy atom. The summed E-state index contributed by atoms with van der Waals surface area (Å²) in [6.07, 6.45) is 2.40. The van der Waals surface area contributed by atoms with Gasteiger partial charge in [0.05, 0.1) is 14.2 Å². The van der Waals surface area contributed by atoms with Gasteiger partial charge in [0.15, 0.2) is 11.5 Å². The highest BCUT2D eigenvalue weighted by atomic mass is 16.5. The fourth-order valence-corrected chi connectivity index (χ4v) is 2.60. The Balaban J connectivity index is 2.56. The lowest BCUT2D eigenvalue weighted by Gasteiger charge is -2.21. The van der Waals surface area contributed by atoms with Crippen LogP contribution in [0.25, 0.3) is 0 Å². The van der Waals surface area contributed by atoms with Crippen LogP contribution in [0.5, 0.6) is 11.5 Å². The smallest absolute Gasteiger partial charge is 0.165 e. The molecule has 0 saturated carbocycles. The minimum Gasteiger partial charge on any atom is -0.493 e. The minimum absolute atomic E-state index is 0.402. The monoisotopic (exact) mass is 235 g/mol. The Morgan fingerprint density at radius 1 is 1.24 bits per heavy atom. The van der Waals surface area contributed by atoms with Gasteiger partial charge in [-0.15, -0.1) is 0 Å². The van der Waals surface area contributed by atoms with Crippen molar-refractivity contribution in [3.8, 4) is 11.5 Å². The normalized spacial score (nSPS) is 19.4. The van der Waals surface area contributed by atoms with Crippen molar-refractivity contribution < 1.29 is 9.47 Å². The standard InChI is InChI=1S/C14H21NO2/c1-9-8-12(16-3)14(17-4)13(10(9)2)11-6-5-7-15-11/h8,11,15H,5-7H2,1-4H3. The van der Waals surface area contributed by atoms with Gasteiger partial charge in [-0.05, 0) is 50.4 Å². The number of hydrogen-bond acceptors (Lipinski definition) is 3. The Kier molecular flexibility index (Phi) is 3.57. The summed E-state index contributed by atoms with van der Waals surface area (Å²) in [4.78, 5) is 0. The Bertz CT molecular complexity index is 409. The van der Waals surface area contributed by atoms with Crippen LogP contribution < -0.4 is 14.8 Å². The summed E-state index contributed by atoms with van der Waals surface area (Å²) in [5.74, 6) is 1.72. The molecule has 0 aliphatic carbocycles. The fraction of sp³-hybridized carbons (Fsp3) is 0.571. The molecule has 1 aliphatic heterocycles. The van der Waals surface area contributed by atoms with Gasteiger partial charge in [0.25, 0.3) is 0 Å². The van der Waals surface area contributed by atoms with E-state index in [0.29, 0.717) is 6.04 Å². The molecule has 1 N–H and O–H groups in total. The Hall–Kier alpha value is -1.22. The zero-order chi connectivity index (χ0) is 12.4. The lowest BCUT2D eigenvalue weighted by molar-refractivity contribution is 0.347. The third-order valence-electron chi connectivity index (χ3n) is 3.64. The van der Waals surface area contributed by atoms with Crippen molar-refractivity contribution in [2.45, 2.75) is 32.7 Å². The molecular weight excluding hydrogens is 214 g/mol. The molecule has 1 atom stereocenters. The summed E-state index contributed by atoms with van der Waals surface area (Å²) >= 11 is 0. The molecule has 0 aromatic heterocycles. The predicted octanol–water partition coefficient (Wildman–Crippen LogP) is 2.75. The van der Waals surface area contributed by atoms with E-state index < -0.39 is 0 Å². The van der Waals surface area contributed by atoms with E-state index in [2.05, 4.69) is 19.2 Å². The van der Waals surface area contributed by atoms with Crippen molar-refractivity contribution in [2.24, 2.45) is 0 Å². The van der Waals surface area contributed by atoms with Gasteiger partial charge in [-0.2, -0.15) is 0 Å². The van der Waals surface area contributed by atoms with Gasteiger partial charge in [0.1, 0.15) is 0 Å². The first-order valence-corrected chi connectivity index (χ1v) is 6.14. The molecule has 1 fully saturated rings. The maximum atomic E-state index is 5.55. The van der Waals surface area contributed by atoms with E-state index in [9.17, 15) is 0 Å². The van der Waals surface area contributed by atoms with Crippen molar-refractivity contribution in [1.29, 1.82) is 0 Å². The number of hydrogen-bond donors (Lipinski definition) is 1. The molecular formula is C14H21NO2. The van der Waals surface area contributed by atoms with Crippen LogP contribution in [0.4, 0.5) is 0 Å². The first kappa shape index (κ1) is 12.2. The highest BCUT2D eigenvalue weighted by Gasteiger charge is 2.25. The molecule has 1 saturated heterocycles. The molecule has 0 bridgehead atoms. The van der Waals surface area contributed by atoms with Crippen LogP contribution in [0, 0.1) is 13.8 Å². The zero-order valence-corrected chi connectivity index (χ0v) is 11.1. The van der Waals surface area contributed by atoms with Gasteiger partial charge in [0, 0.05) is 11.6 Å². The van der Waals surface area contributed by atoms with Crippen LogP contribution in [0.1, 0.15) is 35.6 Å². The number of rotatable bonds is 3. The zero-order valence-electron chi connectivity index (χ0n) is 11.1. The van der Waals surface area contributed by atoms with Crippen LogP contribution in [-0.2, 0) is 0 Å². The molecule has 1 aromatic rings. The molecule has 0 spiro atoms. The van der Waals surface area contributed by atoms with E-state index >= 15 is 0 Å². The predicted molar refractivity (Wildman–Crippen MR) is 69.0 cm³/mol. The molecule has 2 rings (SSSR count). The van der Waals surface area contributed by atoms with Crippen LogP contribution in [0.3, 0.4) is 0 Å². The summed E-state index contributed by atoms with van der Waals surface area (Å²) in [6.45, 7) is 5.37. The largest absolute Gasteiger partial charge is 0.493 e. The number of methoxy groups -OCH3 is 2. The first-order chi connectivity index (χ1) is 8.19. The SMILES string of the molecule is COc1cc(C)c(C)c(C2CCCN2)c1OC. The van der Waals surface area contributed by atoms with E-state index in [1.54, 1.807) is 14.2 Å². The molecule has 0 amide bonds. The van der Waals surface area contributed by atoms with Crippen molar-refractivity contribution in [3.63, 3.8) is 0 Å². The van der Waals surface area contributed by atoms with Crippen LogP contribution in [-0.4, -0.2) is 20.8 Å². The molecule has 1 heterocycles. The Labute approximate surface area is 103 Å².